The molecule has 116 valence electrons. The number of halogens is 2. The number of nitrogens with zero attached hydrogens (tertiary/aromatic N) is 2. The molecule has 1 amide bonds. The monoisotopic (exact) mass is 338 g/mol. The fourth-order valence-corrected chi connectivity index (χ4v) is 4.12. The largest absolute Gasteiger partial charge is 0.355 e. The molecule has 2 fully saturated rings. The van der Waals surface area contributed by atoms with Crippen LogP contribution >= 0.6 is 23.2 Å². The van der Waals surface area contributed by atoms with Gasteiger partial charge in [-0.3, -0.25) is 9.69 Å². The smallest absolute Gasteiger partial charge is 0.220 e. The van der Waals surface area contributed by atoms with Crippen molar-refractivity contribution in [2.24, 2.45) is 5.41 Å². The number of H-pyrrole nitrogens is 1. The zero-order valence-electron chi connectivity index (χ0n) is 12.0. The summed E-state index contributed by atoms with van der Waals surface area (Å²) in [5.74, 6) is 1.06. The molecule has 1 atom stereocenters. The van der Waals surface area contributed by atoms with E-state index in [0.717, 1.165) is 49.5 Å². The Kier molecular flexibility index (Phi) is 3.33. The molecule has 7 heteroatoms. The molecule has 5 nitrogen and oxygen atoms in total. The van der Waals surface area contributed by atoms with Crippen LogP contribution in [0.1, 0.15) is 18.7 Å². The summed E-state index contributed by atoms with van der Waals surface area (Å²) < 4.78 is 0. The fraction of sp³-hybridized carbons (Fsp3) is 0.467. The molecule has 1 spiro atoms. The third-order valence-corrected chi connectivity index (χ3v) is 5.15. The van der Waals surface area contributed by atoms with Crippen molar-refractivity contribution in [3.63, 3.8) is 0 Å². The van der Waals surface area contributed by atoms with Gasteiger partial charge < -0.3 is 10.3 Å². The van der Waals surface area contributed by atoms with Gasteiger partial charge in [0.15, 0.2) is 0 Å². The van der Waals surface area contributed by atoms with Crippen molar-refractivity contribution in [2.75, 3.05) is 19.6 Å². The predicted octanol–water partition coefficient (Wildman–Crippen LogP) is 2.58. The van der Waals surface area contributed by atoms with Gasteiger partial charge in [0.1, 0.15) is 11.3 Å². The Morgan fingerprint density at radius 2 is 2.23 bits per heavy atom. The third-order valence-electron chi connectivity index (χ3n) is 4.64. The van der Waals surface area contributed by atoms with Crippen LogP contribution in [0.2, 0.25) is 10.0 Å². The number of carbonyl (C=O) groups excluding carboxylic acids is 1. The normalized spacial score (nSPS) is 25.5. The van der Waals surface area contributed by atoms with Crippen LogP contribution in [0.3, 0.4) is 0 Å². The number of carbonyl (C=O) groups is 1. The molecule has 0 saturated carbocycles. The molecule has 1 aromatic heterocycles. The molecule has 2 N–H and O–H groups in total. The fourth-order valence-electron chi connectivity index (χ4n) is 3.58. The molecule has 0 aliphatic carbocycles. The summed E-state index contributed by atoms with van der Waals surface area (Å²) in [6.45, 7) is 3.44. The summed E-state index contributed by atoms with van der Waals surface area (Å²) in [6.07, 6.45) is 1.70. The molecular weight excluding hydrogens is 323 g/mol. The first-order chi connectivity index (χ1) is 10.5. The van der Waals surface area contributed by atoms with E-state index < -0.39 is 0 Å². The van der Waals surface area contributed by atoms with Crippen molar-refractivity contribution in [2.45, 2.75) is 19.4 Å². The highest BCUT2D eigenvalue weighted by Gasteiger charge is 2.43. The first-order valence-corrected chi connectivity index (χ1v) is 8.11. The number of nitrogens with one attached hydrogen (secondary N) is 2. The Bertz CT molecular complexity index is 759. The second kappa shape index (κ2) is 5.11. The third kappa shape index (κ3) is 2.47. The zero-order chi connectivity index (χ0) is 15.3. The number of likely N-dealkylation sites (tertiary alicyclic amines) is 1. The number of fused-ring (bicyclic) bond motifs is 1. The Hall–Kier alpha value is -1.30. The summed E-state index contributed by atoms with van der Waals surface area (Å²) in [4.78, 5) is 21.7. The van der Waals surface area contributed by atoms with Crippen molar-refractivity contribution in [3.05, 3.63) is 28.0 Å². The zero-order valence-corrected chi connectivity index (χ0v) is 13.5. The lowest BCUT2D eigenvalue weighted by atomic mass is 9.86. The predicted molar refractivity (Wildman–Crippen MR) is 86.1 cm³/mol. The van der Waals surface area contributed by atoms with Crippen LogP contribution in [0, 0.1) is 5.41 Å². The molecule has 0 radical (unpaired) electrons. The Morgan fingerprint density at radius 3 is 3.00 bits per heavy atom. The summed E-state index contributed by atoms with van der Waals surface area (Å²) in [5.41, 5.74) is 1.73. The van der Waals surface area contributed by atoms with Crippen LogP contribution in [-0.4, -0.2) is 40.4 Å². The van der Waals surface area contributed by atoms with Gasteiger partial charge >= 0.3 is 0 Å². The van der Waals surface area contributed by atoms with E-state index in [2.05, 4.69) is 20.2 Å². The van der Waals surface area contributed by atoms with Gasteiger partial charge in [0.2, 0.25) is 5.91 Å². The molecule has 4 rings (SSSR count). The van der Waals surface area contributed by atoms with Gasteiger partial charge in [-0.15, -0.1) is 0 Å². The quantitative estimate of drug-likeness (QED) is 0.884. The minimum Gasteiger partial charge on any atom is -0.355 e. The number of hydrogen-bond acceptors (Lipinski definition) is 3. The highest BCUT2D eigenvalue weighted by molar-refractivity contribution is 6.38. The number of rotatable bonds is 2. The van der Waals surface area contributed by atoms with E-state index in [0.29, 0.717) is 16.5 Å². The minimum atomic E-state index is 0.115. The highest BCUT2D eigenvalue weighted by Crippen LogP contribution is 2.37. The van der Waals surface area contributed by atoms with Gasteiger partial charge in [0.25, 0.3) is 0 Å². The van der Waals surface area contributed by atoms with Gasteiger partial charge in [0.05, 0.1) is 17.1 Å². The van der Waals surface area contributed by atoms with Crippen molar-refractivity contribution in [1.82, 2.24) is 20.2 Å². The van der Waals surface area contributed by atoms with E-state index in [1.807, 2.05) is 6.07 Å². The maximum absolute atomic E-state index is 11.5. The minimum absolute atomic E-state index is 0.115. The standard InChI is InChI=1S/C15H16Cl2N4O/c16-9-3-10(17)14-11(4-9)19-12(20-14)6-21-2-1-15(8-21)5-13(22)18-7-15/h3-4H,1-2,5-8H2,(H,18,22)(H,19,20). The van der Waals surface area contributed by atoms with Gasteiger partial charge in [-0.05, 0) is 25.1 Å². The van der Waals surface area contributed by atoms with Crippen LogP contribution in [0.15, 0.2) is 12.1 Å². The summed E-state index contributed by atoms with van der Waals surface area (Å²) in [7, 11) is 0. The van der Waals surface area contributed by atoms with Crippen molar-refractivity contribution in [1.29, 1.82) is 0 Å². The van der Waals surface area contributed by atoms with Crippen LogP contribution in [0.5, 0.6) is 0 Å². The SMILES string of the molecule is O=C1CC2(CCN(Cc3nc4c(Cl)cc(Cl)cc4[nH]3)C2)CN1. The van der Waals surface area contributed by atoms with E-state index in [1.165, 1.54) is 0 Å². The average Bonchev–Trinajstić information content (AvgIpc) is 3.11. The second-order valence-electron chi connectivity index (χ2n) is 6.38. The molecule has 3 heterocycles. The molecule has 2 aliphatic heterocycles. The van der Waals surface area contributed by atoms with Gasteiger partial charge in [-0.25, -0.2) is 4.98 Å². The number of benzene rings is 1. The Balaban J connectivity index is 1.52. The van der Waals surface area contributed by atoms with Crippen molar-refractivity contribution >= 4 is 40.1 Å². The lowest BCUT2D eigenvalue weighted by Crippen LogP contribution is -2.29. The molecule has 0 bridgehead atoms. The molecule has 22 heavy (non-hydrogen) atoms. The number of aromatic nitrogens is 2. The molecule has 1 aromatic carbocycles. The molecular formula is C15H16Cl2N4O. The van der Waals surface area contributed by atoms with Crippen molar-refractivity contribution < 1.29 is 4.79 Å². The lowest BCUT2D eigenvalue weighted by Gasteiger charge is -2.21. The Labute approximate surface area is 138 Å². The van der Waals surface area contributed by atoms with E-state index >= 15 is 0 Å². The van der Waals surface area contributed by atoms with E-state index in [9.17, 15) is 4.79 Å². The summed E-state index contributed by atoms with van der Waals surface area (Å²) in [5, 5.41) is 4.11. The van der Waals surface area contributed by atoms with Crippen LogP contribution in [0.25, 0.3) is 11.0 Å². The molecule has 2 aliphatic rings. The van der Waals surface area contributed by atoms with Gasteiger partial charge in [-0.1, -0.05) is 23.2 Å². The van der Waals surface area contributed by atoms with Crippen LogP contribution < -0.4 is 5.32 Å². The number of imidazole rings is 1. The summed E-state index contributed by atoms with van der Waals surface area (Å²) in [6, 6.07) is 3.54. The van der Waals surface area contributed by atoms with E-state index in [-0.39, 0.29) is 11.3 Å². The van der Waals surface area contributed by atoms with Gasteiger partial charge in [-0.2, -0.15) is 0 Å². The number of aromatic amines is 1. The maximum Gasteiger partial charge on any atom is 0.220 e. The van der Waals surface area contributed by atoms with Crippen LogP contribution in [0.4, 0.5) is 0 Å². The second-order valence-corrected chi connectivity index (χ2v) is 7.23. The van der Waals surface area contributed by atoms with Crippen LogP contribution in [-0.2, 0) is 11.3 Å². The van der Waals surface area contributed by atoms with E-state index in [1.54, 1.807) is 6.07 Å². The van der Waals surface area contributed by atoms with Gasteiger partial charge in [0, 0.05) is 29.9 Å². The first-order valence-electron chi connectivity index (χ1n) is 7.36. The maximum atomic E-state index is 11.5. The van der Waals surface area contributed by atoms with E-state index in [4.69, 9.17) is 23.2 Å². The highest BCUT2D eigenvalue weighted by atomic mass is 35.5. The molecule has 1 unspecified atom stereocenters. The molecule has 2 saturated heterocycles. The molecule has 2 aromatic rings. The first kappa shape index (κ1) is 14.3. The average molecular weight is 339 g/mol. The number of hydrogen-bond donors (Lipinski definition) is 2. The summed E-state index contributed by atoms with van der Waals surface area (Å²) >= 11 is 12.2. The number of amides is 1. The topological polar surface area (TPSA) is 61.0 Å². The Morgan fingerprint density at radius 1 is 1.36 bits per heavy atom. The van der Waals surface area contributed by atoms with Crippen molar-refractivity contribution in [3.8, 4) is 0 Å². The lowest BCUT2D eigenvalue weighted by molar-refractivity contribution is -0.119.